The monoisotopic (exact) mass is 494 g/mol. The zero-order valence-electron chi connectivity index (χ0n) is 20.3. The molecule has 1 heterocycles. The molecule has 0 saturated carbocycles. The van der Waals surface area contributed by atoms with Gasteiger partial charge in [-0.15, -0.1) is 11.3 Å². The highest BCUT2D eigenvalue weighted by molar-refractivity contribution is 7.17. The van der Waals surface area contributed by atoms with Gasteiger partial charge >= 0.3 is 0 Å². The average Bonchev–Trinajstić information content (AvgIpc) is 3.31. The molecule has 37 heavy (non-hydrogen) atoms. The molecule has 0 fully saturated rings. The largest absolute Gasteiger partial charge is 0.399 e. The van der Waals surface area contributed by atoms with Gasteiger partial charge in [0.25, 0.3) is 0 Å². The summed E-state index contributed by atoms with van der Waals surface area (Å²) in [5, 5.41) is 8.64. The predicted octanol–water partition coefficient (Wildman–Crippen LogP) is 7.54. The molecule has 0 unspecified atom stereocenters. The van der Waals surface area contributed by atoms with Gasteiger partial charge in [0, 0.05) is 32.1 Å². The van der Waals surface area contributed by atoms with Crippen LogP contribution in [0.25, 0.3) is 43.8 Å². The number of thiophene rings is 1. The molecule has 0 radical (unpaired) electrons. The van der Waals surface area contributed by atoms with E-state index in [0.29, 0.717) is 0 Å². The number of benzene rings is 5. The molecule has 0 bridgehead atoms. The van der Waals surface area contributed by atoms with Crippen LogP contribution in [0.5, 0.6) is 0 Å². The molecule has 0 aliphatic carbocycles. The average molecular weight is 495 g/mol. The first-order valence-corrected chi connectivity index (χ1v) is 13.1. The lowest BCUT2D eigenvalue weighted by molar-refractivity contribution is 1.51. The maximum Gasteiger partial charge on any atom is 0.0639 e. The molecule has 0 aliphatic rings. The first kappa shape index (κ1) is 22.8. The molecular weight excluding hydrogens is 468 g/mol. The molecule has 6 aromatic rings. The molecular formula is C34H26N2S. The number of allylic oxidation sites excluding steroid dienone is 1. The third-order valence-electron chi connectivity index (χ3n) is 6.61. The van der Waals surface area contributed by atoms with E-state index in [1.54, 1.807) is 11.3 Å². The van der Waals surface area contributed by atoms with Crippen LogP contribution in [0.2, 0.25) is 0 Å². The van der Waals surface area contributed by atoms with Crippen molar-refractivity contribution >= 4 is 55.3 Å². The van der Waals surface area contributed by atoms with Crippen LogP contribution in [0, 0.1) is 0 Å². The topological polar surface area (TPSA) is 38.0 Å². The SMILES string of the molecule is C=C/C=c1\c(=C(/Nc2ccc(-c3ccc(N)cc3)c3ccccc23)c2ccccc2)sc2ccccc12. The van der Waals surface area contributed by atoms with Gasteiger partial charge in [-0.05, 0) is 46.3 Å². The number of hydrogen-bond acceptors (Lipinski definition) is 3. The van der Waals surface area contributed by atoms with E-state index in [1.165, 1.54) is 36.2 Å². The van der Waals surface area contributed by atoms with Crippen LogP contribution in [0.3, 0.4) is 0 Å². The molecule has 1 aromatic heterocycles. The smallest absolute Gasteiger partial charge is 0.0639 e. The third-order valence-corrected chi connectivity index (χ3v) is 7.82. The first-order chi connectivity index (χ1) is 18.2. The minimum atomic E-state index is 0.768. The van der Waals surface area contributed by atoms with Crippen molar-refractivity contribution in [1.29, 1.82) is 0 Å². The van der Waals surface area contributed by atoms with E-state index in [2.05, 4.69) is 121 Å². The molecule has 3 N–H and O–H groups in total. The Kier molecular flexibility index (Phi) is 6.05. The van der Waals surface area contributed by atoms with Crippen LogP contribution in [0.4, 0.5) is 11.4 Å². The highest BCUT2D eigenvalue weighted by atomic mass is 32.1. The zero-order valence-corrected chi connectivity index (χ0v) is 21.1. The Labute approximate surface area is 220 Å². The Balaban J connectivity index is 1.61. The van der Waals surface area contributed by atoms with Gasteiger partial charge in [-0.25, -0.2) is 0 Å². The second-order valence-electron chi connectivity index (χ2n) is 8.94. The van der Waals surface area contributed by atoms with Gasteiger partial charge in [-0.1, -0.05) is 110 Å². The summed E-state index contributed by atoms with van der Waals surface area (Å²) in [6.45, 7) is 4.00. The van der Waals surface area contributed by atoms with Gasteiger partial charge < -0.3 is 11.1 Å². The molecule has 178 valence electrons. The summed E-state index contributed by atoms with van der Waals surface area (Å²) in [5.41, 5.74) is 12.3. The summed E-state index contributed by atoms with van der Waals surface area (Å²) < 4.78 is 2.45. The van der Waals surface area contributed by atoms with Crippen LogP contribution >= 0.6 is 11.3 Å². The van der Waals surface area contributed by atoms with E-state index in [-0.39, 0.29) is 0 Å². The molecule has 6 rings (SSSR count). The van der Waals surface area contributed by atoms with Gasteiger partial charge in [0.1, 0.15) is 0 Å². The van der Waals surface area contributed by atoms with Gasteiger partial charge in [0.05, 0.1) is 10.2 Å². The molecule has 0 saturated heterocycles. The highest BCUT2D eigenvalue weighted by Crippen LogP contribution is 2.34. The number of fused-ring (bicyclic) bond motifs is 2. The summed E-state index contributed by atoms with van der Waals surface area (Å²) in [5.74, 6) is 0. The van der Waals surface area contributed by atoms with Crippen molar-refractivity contribution in [3.8, 4) is 11.1 Å². The van der Waals surface area contributed by atoms with Gasteiger partial charge in [-0.3, -0.25) is 0 Å². The Hall–Kier alpha value is -4.60. The minimum Gasteiger partial charge on any atom is -0.399 e. The molecule has 0 atom stereocenters. The third kappa shape index (κ3) is 4.31. The van der Waals surface area contributed by atoms with Crippen molar-refractivity contribution in [2.24, 2.45) is 0 Å². The van der Waals surface area contributed by atoms with Gasteiger partial charge in [0.15, 0.2) is 0 Å². The molecule has 3 heteroatoms. The number of hydrogen-bond donors (Lipinski definition) is 2. The lowest BCUT2D eigenvalue weighted by atomic mass is 9.96. The molecule has 0 spiro atoms. The maximum atomic E-state index is 5.95. The van der Waals surface area contributed by atoms with E-state index in [9.17, 15) is 0 Å². The summed E-state index contributed by atoms with van der Waals surface area (Å²) >= 11 is 1.80. The minimum absolute atomic E-state index is 0.768. The van der Waals surface area contributed by atoms with E-state index in [4.69, 9.17) is 5.73 Å². The standard InChI is InChI=1S/C34H26N2S/c1-2-10-30-29-15-8-9-16-32(29)37-34(30)33(24-11-4-3-5-12-24)36-31-22-21-26(23-17-19-25(35)20-18-23)27-13-6-7-14-28(27)31/h2-22,36H,1,35H2/b30-10-,34-33+. The van der Waals surface area contributed by atoms with Crippen LogP contribution < -0.4 is 20.8 Å². The van der Waals surface area contributed by atoms with Crippen molar-refractivity contribution in [3.05, 3.63) is 143 Å². The molecule has 0 amide bonds. The van der Waals surface area contributed by atoms with Crippen LogP contribution in [-0.2, 0) is 0 Å². The van der Waals surface area contributed by atoms with Crippen molar-refractivity contribution in [3.63, 3.8) is 0 Å². The second-order valence-corrected chi connectivity index (χ2v) is 9.99. The lowest BCUT2D eigenvalue weighted by Gasteiger charge is -2.16. The summed E-state index contributed by atoms with van der Waals surface area (Å²) in [7, 11) is 0. The summed E-state index contributed by atoms with van der Waals surface area (Å²) in [6.07, 6.45) is 3.98. The van der Waals surface area contributed by atoms with Crippen LogP contribution in [0.15, 0.2) is 128 Å². The molecule has 5 aromatic carbocycles. The van der Waals surface area contributed by atoms with Crippen molar-refractivity contribution in [2.45, 2.75) is 0 Å². The normalized spacial score (nSPS) is 12.6. The fourth-order valence-electron chi connectivity index (χ4n) is 4.86. The highest BCUT2D eigenvalue weighted by Gasteiger charge is 2.13. The van der Waals surface area contributed by atoms with Crippen LogP contribution in [-0.4, -0.2) is 0 Å². The second kappa shape index (κ2) is 9.81. The van der Waals surface area contributed by atoms with Gasteiger partial charge in [-0.2, -0.15) is 0 Å². The predicted molar refractivity (Wildman–Crippen MR) is 162 cm³/mol. The fourth-order valence-corrected chi connectivity index (χ4v) is 6.07. The lowest BCUT2D eigenvalue weighted by Crippen LogP contribution is -2.25. The number of anilines is 2. The maximum absolute atomic E-state index is 5.95. The van der Waals surface area contributed by atoms with E-state index < -0.39 is 0 Å². The Morgan fingerprint density at radius 3 is 2.14 bits per heavy atom. The van der Waals surface area contributed by atoms with Crippen molar-refractivity contribution in [1.82, 2.24) is 0 Å². The van der Waals surface area contributed by atoms with E-state index in [0.717, 1.165) is 28.2 Å². The quantitative estimate of drug-likeness (QED) is 0.243. The van der Waals surface area contributed by atoms with Crippen molar-refractivity contribution in [2.75, 3.05) is 11.1 Å². The summed E-state index contributed by atoms with van der Waals surface area (Å²) in [6, 6.07) is 40.1. The van der Waals surface area contributed by atoms with Gasteiger partial charge in [0.2, 0.25) is 0 Å². The first-order valence-electron chi connectivity index (χ1n) is 12.3. The van der Waals surface area contributed by atoms with E-state index in [1.807, 2.05) is 18.2 Å². The Morgan fingerprint density at radius 1 is 0.703 bits per heavy atom. The summed E-state index contributed by atoms with van der Waals surface area (Å²) in [4.78, 5) is 0. The Morgan fingerprint density at radius 2 is 1.38 bits per heavy atom. The van der Waals surface area contributed by atoms with Crippen molar-refractivity contribution < 1.29 is 0 Å². The molecule has 2 nitrogen and oxygen atoms in total. The van der Waals surface area contributed by atoms with E-state index >= 15 is 0 Å². The molecule has 0 aliphatic heterocycles. The number of nitrogens with one attached hydrogen (secondary N) is 1. The fraction of sp³-hybridized carbons (Fsp3) is 0. The Bertz CT molecular complexity index is 1860. The van der Waals surface area contributed by atoms with Crippen LogP contribution in [0.1, 0.15) is 5.56 Å². The number of nitrogen functional groups attached to an aromatic ring is 1. The zero-order chi connectivity index (χ0) is 25.2. The number of rotatable bonds is 5. The number of nitrogens with two attached hydrogens (primary N) is 1.